The molecule has 2 heterocycles. The Morgan fingerprint density at radius 3 is 2.31 bits per heavy atom. The molecule has 0 aliphatic rings. The molecule has 1 N–H and O–H groups in total. The second-order valence-electron chi connectivity index (χ2n) is 7.51. The average Bonchev–Trinajstić information content (AvgIpc) is 3.10. The number of carbonyl (C=O) groups is 2. The fourth-order valence-corrected chi connectivity index (χ4v) is 3.73. The van der Waals surface area contributed by atoms with Crippen LogP contribution in [-0.2, 0) is 11.3 Å². The van der Waals surface area contributed by atoms with Gasteiger partial charge in [-0.15, -0.1) is 0 Å². The normalized spacial score (nSPS) is 11.1. The number of aryl methyl sites for hydroxylation is 1. The SMILES string of the molecule is CCCCCn1c(NC(=O)c2ccccc2)c(C(=O)OCC)c2nc3ccccc3nc21. The van der Waals surface area contributed by atoms with Gasteiger partial charge in [0, 0.05) is 12.1 Å². The Bertz CT molecular complexity index is 1260. The molecule has 32 heavy (non-hydrogen) atoms. The van der Waals surface area contributed by atoms with E-state index in [4.69, 9.17) is 14.7 Å². The third-order valence-electron chi connectivity index (χ3n) is 5.28. The fraction of sp³-hybridized carbons (Fsp3) is 0.280. The number of amides is 1. The van der Waals surface area contributed by atoms with E-state index in [1.165, 1.54) is 0 Å². The maximum Gasteiger partial charge on any atom is 0.344 e. The van der Waals surface area contributed by atoms with E-state index >= 15 is 0 Å². The molecule has 0 bridgehead atoms. The van der Waals surface area contributed by atoms with Crippen molar-refractivity contribution in [1.29, 1.82) is 0 Å². The van der Waals surface area contributed by atoms with Crippen molar-refractivity contribution < 1.29 is 14.3 Å². The van der Waals surface area contributed by atoms with Crippen molar-refractivity contribution in [3.05, 3.63) is 65.7 Å². The molecule has 7 nitrogen and oxygen atoms in total. The highest BCUT2D eigenvalue weighted by Crippen LogP contribution is 2.31. The molecule has 0 radical (unpaired) electrons. The first kappa shape index (κ1) is 21.5. The zero-order chi connectivity index (χ0) is 22.5. The predicted molar refractivity (Wildman–Crippen MR) is 125 cm³/mol. The lowest BCUT2D eigenvalue weighted by Gasteiger charge is -2.12. The van der Waals surface area contributed by atoms with E-state index in [0.29, 0.717) is 34.6 Å². The van der Waals surface area contributed by atoms with E-state index in [1.54, 1.807) is 31.2 Å². The lowest BCUT2D eigenvalue weighted by atomic mass is 10.2. The van der Waals surface area contributed by atoms with Crippen LogP contribution < -0.4 is 5.32 Å². The smallest absolute Gasteiger partial charge is 0.344 e. The van der Waals surface area contributed by atoms with Crippen molar-refractivity contribution in [3.63, 3.8) is 0 Å². The zero-order valence-electron chi connectivity index (χ0n) is 18.3. The topological polar surface area (TPSA) is 86.1 Å². The van der Waals surface area contributed by atoms with Gasteiger partial charge in [0.25, 0.3) is 5.91 Å². The molecule has 4 rings (SSSR count). The minimum absolute atomic E-state index is 0.217. The van der Waals surface area contributed by atoms with Crippen molar-refractivity contribution in [2.45, 2.75) is 39.7 Å². The molecule has 0 atom stereocenters. The van der Waals surface area contributed by atoms with Crippen LogP contribution in [0.2, 0.25) is 0 Å². The maximum atomic E-state index is 13.0. The number of fused-ring (bicyclic) bond motifs is 2. The number of esters is 1. The van der Waals surface area contributed by atoms with Crippen molar-refractivity contribution in [2.24, 2.45) is 0 Å². The quantitative estimate of drug-likeness (QED) is 0.307. The van der Waals surface area contributed by atoms with E-state index in [-0.39, 0.29) is 18.1 Å². The van der Waals surface area contributed by atoms with Crippen LogP contribution in [0.5, 0.6) is 0 Å². The Morgan fingerprint density at radius 1 is 0.938 bits per heavy atom. The third kappa shape index (κ3) is 4.19. The van der Waals surface area contributed by atoms with Crippen LogP contribution in [-0.4, -0.2) is 33.0 Å². The van der Waals surface area contributed by atoms with Gasteiger partial charge in [0.1, 0.15) is 16.9 Å². The van der Waals surface area contributed by atoms with Crippen molar-refractivity contribution in [1.82, 2.24) is 14.5 Å². The summed E-state index contributed by atoms with van der Waals surface area (Å²) >= 11 is 0. The summed E-state index contributed by atoms with van der Waals surface area (Å²) in [5.74, 6) is -0.460. The maximum absolute atomic E-state index is 13.0. The molecule has 0 saturated heterocycles. The minimum Gasteiger partial charge on any atom is -0.462 e. The number of benzene rings is 2. The monoisotopic (exact) mass is 430 g/mol. The number of anilines is 1. The molecule has 0 fully saturated rings. The highest BCUT2D eigenvalue weighted by molar-refractivity contribution is 6.13. The molecule has 0 aliphatic carbocycles. The number of rotatable bonds is 8. The Morgan fingerprint density at radius 2 is 1.62 bits per heavy atom. The Kier molecular flexibility index (Phi) is 6.44. The van der Waals surface area contributed by atoms with Gasteiger partial charge in [-0.1, -0.05) is 50.1 Å². The predicted octanol–water partition coefficient (Wildman–Crippen LogP) is 5.20. The highest BCUT2D eigenvalue weighted by Gasteiger charge is 2.28. The molecule has 0 spiro atoms. The molecule has 4 aromatic rings. The first-order valence-electron chi connectivity index (χ1n) is 11.0. The zero-order valence-corrected chi connectivity index (χ0v) is 18.3. The molecule has 7 heteroatoms. The number of aromatic nitrogens is 3. The van der Waals surface area contributed by atoms with Crippen LogP contribution in [0.4, 0.5) is 5.82 Å². The molecule has 0 aliphatic heterocycles. The van der Waals surface area contributed by atoms with E-state index in [9.17, 15) is 9.59 Å². The van der Waals surface area contributed by atoms with Gasteiger partial charge in [-0.3, -0.25) is 4.79 Å². The largest absolute Gasteiger partial charge is 0.462 e. The Labute approximate surface area is 186 Å². The van der Waals surface area contributed by atoms with Gasteiger partial charge in [-0.25, -0.2) is 14.8 Å². The number of para-hydroxylation sites is 2. The number of hydrogen-bond donors (Lipinski definition) is 1. The molecule has 1 amide bonds. The number of carbonyl (C=O) groups excluding carboxylic acids is 2. The van der Waals surface area contributed by atoms with Crippen LogP contribution in [0.15, 0.2) is 54.6 Å². The molecule has 164 valence electrons. The van der Waals surface area contributed by atoms with Gasteiger partial charge in [0.2, 0.25) is 0 Å². The van der Waals surface area contributed by atoms with Gasteiger partial charge in [0.05, 0.1) is 17.6 Å². The third-order valence-corrected chi connectivity index (χ3v) is 5.28. The molecule has 0 saturated carbocycles. The first-order chi connectivity index (χ1) is 15.6. The summed E-state index contributed by atoms with van der Waals surface area (Å²) < 4.78 is 7.23. The number of ether oxygens (including phenoxy) is 1. The van der Waals surface area contributed by atoms with Crippen molar-refractivity contribution >= 4 is 39.9 Å². The number of nitrogens with zero attached hydrogens (tertiary/aromatic N) is 3. The standard InChI is InChI=1S/C25H26N4O3/c1-3-5-11-16-29-22(28-24(30)17-12-7-6-8-13-17)20(25(31)32-4-2)21-23(29)27-19-15-10-9-14-18(19)26-21/h6-10,12-15H,3-5,11,16H2,1-2H3,(H,28,30). The molecule has 2 aromatic heterocycles. The summed E-state index contributed by atoms with van der Waals surface area (Å²) in [5.41, 5.74) is 3.13. The summed E-state index contributed by atoms with van der Waals surface area (Å²) in [4.78, 5) is 35.6. The van der Waals surface area contributed by atoms with Gasteiger partial charge in [-0.05, 0) is 37.6 Å². The van der Waals surface area contributed by atoms with Crippen molar-refractivity contribution in [2.75, 3.05) is 11.9 Å². The average molecular weight is 431 g/mol. The molecule has 0 unspecified atom stereocenters. The van der Waals surface area contributed by atoms with E-state index in [2.05, 4.69) is 12.2 Å². The molecular formula is C25H26N4O3. The fourth-order valence-electron chi connectivity index (χ4n) is 3.73. The summed E-state index contributed by atoms with van der Waals surface area (Å²) in [6, 6.07) is 16.4. The Balaban J connectivity index is 1.93. The number of hydrogen-bond acceptors (Lipinski definition) is 5. The van der Waals surface area contributed by atoms with Crippen LogP contribution in [0.1, 0.15) is 53.8 Å². The van der Waals surface area contributed by atoms with E-state index in [1.807, 2.05) is 34.9 Å². The van der Waals surface area contributed by atoms with Gasteiger partial charge in [-0.2, -0.15) is 0 Å². The van der Waals surface area contributed by atoms with Gasteiger partial charge >= 0.3 is 5.97 Å². The minimum atomic E-state index is -0.528. The van der Waals surface area contributed by atoms with Gasteiger partial charge < -0.3 is 14.6 Å². The van der Waals surface area contributed by atoms with Crippen LogP contribution >= 0.6 is 0 Å². The molecule has 2 aromatic carbocycles. The summed E-state index contributed by atoms with van der Waals surface area (Å²) in [7, 11) is 0. The van der Waals surface area contributed by atoms with Crippen LogP contribution in [0.3, 0.4) is 0 Å². The van der Waals surface area contributed by atoms with Crippen LogP contribution in [0.25, 0.3) is 22.2 Å². The first-order valence-corrected chi connectivity index (χ1v) is 11.0. The number of nitrogens with one attached hydrogen (secondary N) is 1. The lowest BCUT2D eigenvalue weighted by Crippen LogP contribution is -2.18. The molecular weight excluding hydrogens is 404 g/mol. The lowest BCUT2D eigenvalue weighted by molar-refractivity contribution is 0.0529. The highest BCUT2D eigenvalue weighted by atomic mass is 16.5. The summed E-state index contributed by atoms with van der Waals surface area (Å²) in [5, 5.41) is 2.95. The second kappa shape index (κ2) is 9.60. The van der Waals surface area contributed by atoms with Gasteiger partial charge in [0.15, 0.2) is 5.65 Å². The van der Waals surface area contributed by atoms with E-state index < -0.39 is 5.97 Å². The summed E-state index contributed by atoms with van der Waals surface area (Å²) in [6.07, 6.45) is 2.94. The number of unbranched alkanes of at least 4 members (excludes halogenated alkanes) is 2. The summed E-state index contributed by atoms with van der Waals surface area (Å²) in [6.45, 7) is 4.69. The van der Waals surface area contributed by atoms with E-state index in [0.717, 1.165) is 24.8 Å². The van der Waals surface area contributed by atoms with Crippen molar-refractivity contribution in [3.8, 4) is 0 Å². The Hall–Kier alpha value is -3.74. The second-order valence-corrected chi connectivity index (χ2v) is 7.51. The van der Waals surface area contributed by atoms with Crippen LogP contribution in [0, 0.1) is 0 Å².